The second-order valence-electron chi connectivity index (χ2n) is 6.15. The first kappa shape index (κ1) is 17.7. The van der Waals surface area contributed by atoms with Crippen LogP contribution < -0.4 is 4.72 Å². The van der Waals surface area contributed by atoms with Crippen LogP contribution in [0.2, 0.25) is 0 Å². The molecule has 1 unspecified atom stereocenters. The zero-order valence-electron chi connectivity index (χ0n) is 13.3. The van der Waals surface area contributed by atoms with E-state index >= 15 is 0 Å². The van der Waals surface area contributed by atoms with Gasteiger partial charge in [0.15, 0.2) is 0 Å². The summed E-state index contributed by atoms with van der Waals surface area (Å²) in [5, 5.41) is 0. The number of sulfonamides is 1. The first-order chi connectivity index (χ1) is 10.4. The van der Waals surface area contributed by atoms with Crippen LogP contribution in [0.5, 0.6) is 0 Å². The molecule has 2 rings (SSSR count). The van der Waals surface area contributed by atoms with Crippen molar-refractivity contribution in [3.8, 4) is 0 Å². The predicted molar refractivity (Wildman–Crippen MR) is 81.9 cm³/mol. The second-order valence-corrected chi connectivity index (χ2v) is 7.93. The van der Waals surface area contributed by atoms with Gasteiger partial charge in [0, 0.05) is 26.3 Å². The van der Waals surface area contributed by atoms with E-state index in [9.17, 15) is 13.2 Å². The van der Waals surface area contributed by atoms with Crippen molar-refractivity contribution in [3.63, 3.8) is 0 Å². The quantitative estimate of drug-likeness (QED) is 0.763. The molecule has 1 spiro atoms. The number of carbonyl (C=O) groups is 1. The number of likely N-dealkylation sites (tertiary alicyclic amines) is 1. The van der Waals surface area contributed by atoms with Crippen molar-refractivity contribution in [1.82, 2.24) is 9.62 Å². The molecule has 2 aliphatic heterocycles. The minimum Gasteiger partial charge on any atom is -0.380 e. The molecule has 0 bridgehead atoms. The maximum absolute atomic E-state index is 12.0. The molecule has 2 fully saturated rings. The maximum Gasteiger partial charge on any atom is 0.248 e. The maximum atomic E-state index is 12.0. The number of ether oxygens (including phenoxy) is 2. The summed E-state index contributed by atoms with van der Waals surface area (Å²) in [6, 6.07) is -0.208. The molecule has 2 heterocycles. The number of hydrogen-bond donors (Lipinski definition) is 1. The normalized spacial score (nSPS) is 25.4. The highest BCUT2D eigenvalue weighted by Crippen LogP contribution is 2.41. The monoisotopic (exact) mass is 334 g/mol. The minimum absolute atomic E-state index is 0.0105. The Balaban J connectivity index is 1.98. The third kappa shape index (κ3) is 4.41. The van der Waals surface area contributed by atoms with Gasteiger partial charge in [-0.1, -0.05) is 0 Å². The Kier molecular flexibility index (Phi) is 5.81. The van der Waals surface area contributed by atoms with Gasteiger partial charge in [-0.2, -0.15) is 0 Å². The molecule has 0 aliphatic carbocycles. The number of rotatable bonds is 5. The van der Waals surface area contributed by atoms with Crippen molar-refractivity contribution in [2.24, 2.45) is 5.41 Å². The molecule has 128 valence electrons. The Morgan fingerprint density at radius 1 is 1.36 bits per heavy atom. The van der Waals surface area contributed by atoms with Gasteiger partial charge in [0.1, 0.15) is 6.61 Å². The molecule has 2 saturated heterocycles. The highest BCUT2D eigenvalue weighted by molar-refractivity contribution is 7.88. The largest absolute Gasteiger partial charge is 0.380 e. The molecule has 1 amide bonds. The molecule has 0 radical (unpaired) electrons. The fraction of sp³-hybridized carbons (Fsp3) is 0.929. The standard InChI is InChI=1S/C14H26N2O5S/c1-3-20-11-13(17)16-7-4-14(5-8-16)6-9-21-10-12(14)15-22(2,18)19/h12,15H,3-11H2,1-2H3. The molecule has 1 N–H and O–H groups in total. The SMILES string of the molecule is CCOCC(=O)N1CCC2(CCOCC2NS(C)(=O)=O)CC1. The van der Waals surface area contributed by atoms with Crippen molar-refractivity contribution in [1.29, 1.82) is 0 Å². The summed E-state index contributed by atoms with van der Waals surface area (Å²) in [5.74, 6) is 0.0105. The molecule has 7 nitrogen and oxygen atoms in total. The van der Waals surface area contributed by atoms with Crippen LogP contribution in [0.15, 0.2) is 0 Å². The topological polar surface area (TPSA) is 84.9 Å². The van der Waals surface area contributed by atoms with E-state index in [1.54, 1.807) is 0 Å². The molecule has 0 aromatic rings. The van der Waals surface area contributed by atoms with Crippen LogP contribution in [0.3, 0.4) is 0 Å². The molecule has 0 saturated carbocycles. The van der Waals surface area contributed by atoms with Crippen LogP contribution in [0.25, 0.3) is 0 Å². The molecular weight excluding hydrogens is 308 g/mol. The zero-order valence-corrected chi connectivity index (χ0v) is 14.2. The fourth-order valence-corrected chi connectivity index (χ4v) is 4.16. The molecule has 1 atom stereocenters. The van der Waals surface area contributed by atoms with Crippen molar-refractivity contribution in [3.05, 3.63) is 0 Å². The van der Waals surface area contributed by atoms with Gasteiger partial charge in [0.05, 0.1) is 18.9 Å². The Morgan fingerprint density at radius 3 is 2.64 bits per heavy atom. The summed E-state index contributed by atoms with van der Waals surface area (Å²) < 4.78 is 36.5. The third-order valence-electron chi connectivity index (χ3n) is 4.67. The molecule has 22 heavy (non-hydrogen) atoms. The summed E-state index contributed by atoms with van der Waals surface area (Å²) in [6.45, 7) is 4.86. The Hall–Kier alpha value is -0.700. The zero-order chi connectivity index (χ0) is 16.2. The lowest BCUT2D eigenvalue weighted by Crippen LogP contribution is -2.58. The van der Waals surface area contributed by atoms with E-state index in [4.69, 9.17) is 9.47 Å². The number of nitrogens with zero attached hydrogens (tertiary/aromatic N) is 1. The van der Waals surface area contributed by atoms with Crippen molar-refractivity contribution in [2.45, 2.75) is 32.2 Å². The lowest BCUT2D eigenvalue weighted by molar-refractivity contribution is -0.140. The van der Waals surface area contributed by atoms with Crippen molar-refractivity contribution in [2.75, 3.05) is 45.8 Å². The lowest BCUT2D eigenvalue weighted by atomic mass is 9.69. The molecular formula is C14H26N2O5S. The smallest absolute Gasteiger partial charge is 0.248 e. The Morgan fingerprint density at radius 2 is 2.05 bits per heavy atom. The van der Waals surface area contributed by atoms with Crippen molar-refractivity contribution < 1.29 is 22.7 Å². The van der Waals surface area contributed by atoms with Crippen LogP contribution in [-0.4, -0.2) is 71.0 Å². The molecule has 8 heteroatoms. The number of piperidine rings is 1. The van der Waals surface area contributed by atoms with Crippen LogP contribution in [-0.2, 0) is 24.3 Å². The van der Waals surface area contributed by atoms with E-state index in [2.05, 4.69) is 4.72 Å². The highest BCUT2D eigenvalue weighted by atomic mass is 32.2. The van der Waals surface area contributed by atoms with Gasteiger partial charge in [0.2, 0.25) is 15.9 Å². The fourth-order valence-electron chi connectivity index (χ4n) is 3.33. The van der Waals surface area contributed by atoms with Gasteiger partial charge in [-0.3, -0.25) is 4.79 Å². The number of carbonyl (C=O) groups excluding carboxylic acids is 1. The van der Waals surface area contributed by atoms with E-state index in [0.717, 1.165) is 19.3 Å². The van der Waals surface area contributed by atoms with E-state index in [1.165, 1.54) is 6.26 Å². The van der Waals surface area contributed by atoms with Gasteiger partial charge in [-0.15, -0.1) is 0 Å². The number of amides is 1. The Labute approximate surface area is 132 Å². The summed E-state index contributed by atoms with van der Waals surface area (Å²) in [6.07, 6.45) is 3.59. The predicted octanol–water partition coefficient (Wildman–Crippen LogP) is -0.0302. The van der Waals surface area contributed by atoms with Crippen LogP contribution in [0.4, 0.5) is 0 Å². The van der Waals surface area contributed by atoms with Gasteiger partial charge in [-0.25, -0.2) is 13.1 Å². The van der Waals surface area contributed by atoms with E-state index in [1.807, 2.05) is 11.8 Å². The van der Waals surface area contributed by atoms with Gasteiger partial charge in [0.25, 0.3) is 0 Å². The summed E-state index contributed by atoms with van der Waals surface area (Å²) in [5.41, 5.74) is -0.107. The molecule has 0 aromatic carbocycles. The Bertz CT molecular complexity index is 485. The van der Waals surface area contributed by atoms with Crippen LogP contribution >= 0.6 is 0 Å². The average molecular weight is 334 g/mol. The summed E-state index contributed by atoms with van der Waals surface area (Å²) in [4.78, 5) is 13.8. The first-order valence-electron chi connectivity index (χ1n) is 7.77. The van der Waals surface area contributed by atoms with Gasteiger partial charge >= 0.3 is 0 Å². The van der Waals surface area contributed by atoms with E-state index < -0.39 is 10.0 Å². The highest BCUT2D eigenvalue weighted by Gasteiger charge is 2.45. The van der Waals surface area contributed by atoms with Crippen LogP contribution in [0, 0.1) is 5.41 Å². The van der Waals surface area contributed by atoms with Crippen LogP contribution in [0.1, 0.15) is 26.2 Å². The van der Waals surface area contributed by atoms with Gasteiger partial charge < -0.3 is 14.4 Å². The lowest BCUT2D eigenvalue weighted by Gasteiger charge is -2.48. The minimum atomic E-state index is -3.27. The van der Waals surface area contributed by atoms with E-state index in [0.29, 0.717) is 32.9 Å². The first-order valence-corrected chi connectivity index (χ1v) is 9.66. The molecule has 0 aromatic heterocycles. The summed E-state index contributed by atoms with van der Waals surface area (Å²) >= 11 is 0. The average Bonchev–Trinajstić information content (AvgIpc) is 2.47. The van der Waals surface area contributed by atoms with E-state index in [-0.39, 0.29) is 24.0 Å². The summed E-state index contributed by atoms with van der Waals surface area (Å²) in [7, 11) is -3.27. The number of hydrogen-bond acceptors (Lipinski definition) is 5. The second kappa shape index (κ2) is 7.25. The molecule has 2 aliphatic rings. The third-order valence-corrected chi connectivity index (χ3v) is 5.38. The van der Waals surface area contributed by atoms with Crippen molar-refractivity contribution >= 4 is 15.9 Å². The number of nitrogens with one attached hydrogen (secondary N) is 1. The van der Waals surface area contributed by atoms with Gasteiger partial charge in [-0.05, 0) is 31.6 Å².